The summed E-state index contributed by atoms with van der Waals surface area (Å²) in [6.45, 7) is 5.87. The Labute approximate surface area is 96.4 Å². The van der Waals surface area contributed by atoms with Gasteiger partial charge in [-0.1, -0.05) is 13.3 Å². The van der Waals surface area contributed by atoms with E-state index >= 15 is 0 Å². The number of amides is 1. The van der Waals surface area contributed by atoms with Crippen LogP contribution >= 0.6 is 0 Å². The zero-order valence-corrected chi connectivity index (χ0v) is 10.2. The molecule has 90 valence electrons. The van der Waals surface area contributed by atoms with Crippen molar-refractivity contribution in [2.45, 2.75) is 33.2 Å². The van der Waals surface area contributed by atoms with Crippen LogP contribution in [0.5, 0.6) is 0 Å². The number of hydrogen-bond acceptors (Lipinski definition) is 3. The van der Waals surface area contributed by atoms with Gasteiger partial charge in [-0.15, -0.1) is 0 Å². The van der Waals surface area contributed by atoms with Crippen molar-refractivity contribution < 1.29 is 9.21 Å². The highest BCUT2D eigenvalue weighted by molar-refractivity contribution is 5.90. The Morgan fingerprint density at radius 3 is 2.75 bits per heavy atom. The van der Waals surface area contributed by atoms with Crippen molar-refractivity contribution >= 4 is 5.91 Å². The molecule has 0 bridgehead atoms. The summed E-state index contributed by atoms with van der Waals surface area (Å²) in [5, 5.41) is 0. The van der Waals surface area contributed by atoms with Crippen LogP contribution in [-0.2, 0) is 6.54 Å². The van der Waals surface area contributed by atoms with Gasteiger partial charge in [0.15, 0.2) is 5.76 Å². The number of carbonyl (C=O) groups is 1. The van der Waals surface area contributed by atoms with Gasteiger partial charge >= 0.3 is 0 Å². The van der Waals surface area contributed by atoms with E-state index < -0.39 is 5.91 Å². The Morgan fingerprint density at radius 1 is 1.56 bits per heavy atom. The van der Waals surface area contributed by atoms with Crippen molar-refractivity contribution in [2.75, 3.05) is 13.6 Å². The highest BCUT2D eigenvalue weighted by atomic mass is 16.3. The molecule has 1 heterocycles. The Hall–Kier alpha value is -1.29. The van der Waals surface area contributed by atoms with Crippen LogP contribution < -0.4 is 5.73 Å². The Kier molecular flexibility index (Phi) is 4.55. The molecular weight excluding hydrogens is 204 g/mol. The van der Waals surface area contributed by atoms with Crippen LogP contribution in [0.2, 0.25) is 0 Å². The van der Waals surface area contributed by atoms with Crippen LogP contribution in [0.3, 0.4) is 0 Å². The second kappa shape index (κ2) is 5.70. The summed E-state index contributed by atoms with van der Waals surface area (Å²) in [5.41, 5.74) is 6.20. The zero-order valence-electron chi connectivity index (χ0n) is 10.2. The fourth-order valence-electron chi connectivity index (χ4n) is 1.60. The molecular formula is C12H20N2O2. The molecule has 0 saturated carbocycles. The Balaban J connectivity index is 2.62. The lowest BCUT2D eigenvalue weighted by Crippen LogP contribution is -2.19. The van der Waals surface area contributed by atoms with Gasteiger partial charge in [0.1, 0.15) is 5.76 Å². The molecule has 0 aliphatic rings. The maximum absolute atomic E-state index is 10.9. The maximum atomic E-state index is 10.9. The van der Waals surface area contributed by atoms with E-state index in [9.17, 15) is 4.79 Å². The maximum Gasteiger partial charge on any atom is 0.284 e. The molecule has 0 aliphatic heterocycles. The average molecular weight is 224 g/mol. The van der Waals surface area contributed by atoms with Gasteiger partial charge in [-0.3, -0.25) is 4.79 Å². The Bertz CT molecular complexity index is 358. The first-order chi connectivity index (χ1) is 7.54. The van der Waals surface area contributed by atoms with Crippen molar-refractivity contribution in [3.8, 4) is 0 Å². The normalized spacial score (nSPS) is 11.0. The minimum absolute atomic E-state index is 0.247. The molecule has 1 aromatic rings. The molecule has 0 radical (unpaired) electrons. The van der Waals surface area contributed by atoms with Gasteiger partial charge in [0.2, 0.25) is 0 Å². The van der Waals surface area contributed by atoms with Gasteiger partial charge in [0.05, 0.1) is 0 Å². The number of unbranched alkanes of at least 4 members (excludes halogenated alkanes) is 1. The molecule has 0 aromatic carbocycles. The van der Waals surface area contributed by atoms with Crippen molar-refractivity contribution in [2.24, 2.45) is 5.73 Å². The summed E-state index contributed by atoms with van der Waals surface area (Å²) in [4.78, 5) is 13.2. The van der Waals surface area contributed by atoms with Gasteiger partial charge in [-0.25, -0.2) is 0 Å². The molecule has 2 N–H and O–H groups in total. The lowest BCUT2D eigenvalue weighted by atomic mass is 10.2. The van der Waals surface area contributed by atoms with Crippen LogP contribution in [-0.4, -0.2) is 24.4 Å². The predicted octanol–water partition coefficient (Wildman–Crippen LogP) is 1.92. The summed E-state index contributed by atoms with van der Waals surface area (Å²) in [7, 11) is 2.06. The third kappa shape index (κ3) is 3.38. The summed E-state index contributed by atoms with van der Waals surface area (Å²) < 4.78 is 5.28. The van der Waals surface area contributed by atoms with Crippen molar-refractivity contribution in [1.82, 2.24) is 4.90 Å². The SMILES string of the molecule is CCCCN(C)Cc1cc(C(N)=O)oc1C. The molecule has 4 nitrogen and oxygen atoms in total. The number of aryl methyl sites for hydroxylation is 1. The minimum atomic E-state index is -0.509. The number of carbonyl (C=O) groups excluding carboxylic acids is 1. The number of rotatable bonds is 6. The van der Waals surface area contributed by atoms with Gasteiger partial charge in [-0.2, -0.15) is 0 Å². The minimum Gasteiger partial charge on any atom is -0.456 e. The second-order valence-electron chi connectivity index (χ2n) is 4.15. The smallest absolute Gasteiger partial charge is 0.284 e. The van der Waals surface area contributed by atoms with Crippen molar-refractivity contribution in [3.63, 3.8) is 0 Å². The van der Waals surface area contributed by atoms with Gasteiger partial charge in [-0.05, 0) is 33.0 Å². The fourth-order valence-corrected chi connectivity index (χ4v) is 1.60. The van der Waals surface area contributed by atoms with Crippen LogP contribution in [0.25, 0.3) is 0 Å². The average Bonchev–Trinajstić information content (AvgIpc) is 2.57. The van der Waals surface area contributed by atoms with Crippen molar-refractivity contribution in [3.05, 3.63) is 23.2 Å². The first kappa shape index (κ1) is 12.8. The van der Waals surface area contributed by atoms with E-state index in [-0.39, 0.29) is 5.76 Å². The predicted molar refractivity (Wildman–Crippen MR) is 63.2 cm³/mol. The molecule has 1 aromatic heterocycles. The molecule has 0 fully saturated rings. The summed E-state index contributed by atoms with van der Waals surface area (Å²) in [6, 6.07) is 1.74. The molecule has 0 saturated heterocycles. The van der Waals surface area contributed by atoms with Gasteiger partial charge < -0.3 is 15.1 Å². The molecule has 1 rings (SSSR count). The molecule has 0 atom stereocenters. The summed E-state index contributed by atoms with van der Waals surface area (Å²) in [6.07, 6.45) is 2.36. The van der Waals surface area contributed by atoms with Crippen LogP contribution in [0, 0.1) is 6.92 Å². The number of primary amides is 1. The number of hydrogen-bond donors (Lipinski definition) is 1. The molecule has 0 unspecified atom stereocenters. The third-order valence-electron chi connectivity index (χ3n) is 2.60. The lowest BCUT2D eigenvalue weighted by Gasteiger charge is -2.15. The molecule has 0 spiro atoms. The summed E-state index contributed by atoms with van der Waals surface area (Å²) >= 11 is 0. The number of nitrogens with zero attached hydrogens (tertiary/aromatic N) is 1. The van der Waals surface area contributed by atoms with E-state index in [0.717, 1.165) is 24.4 Å². The molecule has 16 heavy (non-hydrogen) atoms. The van der Waals surface area contributed by atoms with Gasteiger partial charge in [0, 0.05) is 12.1 Å². The third-order valence-corrected chi connectivity index (χ3v) is 2.60. The molecule has 0 aliphatic carbocycles. The van der Waals surface area contributed by atoms with E-state index in [1.54, 1.807) is 6.07 Å². The standard InChI is InChI=1S/C12H20N2O2/c1-4-5-6-14(3)8-10-7-11(12(13)15)16-9(10)2/h7H,4-6,8H2,1-3H3,(H2,13,15). The first-order valence-electron chi connectivity index (χ1n) is 5.62. The monoisotopic (exact) mass is 224 g/mol. The Morgan fingerprint density at radius 2 is 2.25 bits per heavy atom. The van der Waals surface area contributed by atoms with Gasteiger partial charge in [0.25, 0.3) is 5.91 Å². The van der Waals surface area contributed by atoms with E-state index in [2.05, 4.69) is 18.9 Å². The molecule has 1 amide bonds. The zero-order chi connectivity index (χ0) is 12.1. The van der Waals surface area contributed by atoms with Crippen LogP contribution in [0.4, 0.5) is 0 Å². The van der Waals surface area contributed by atoms with Crippen LogP contribution in [0.1, 0.15) is 41.6 Å². The summed E-state index contributed by atoms with van der Waals surface area (Å²) in [5.74, 6) is 0.513. The van der Waals surface area contributed by atoms with E-state index in [1.165, 1.54) is 12.8 Å². The lowest BCUT2D eigenvalue weighted by molar-refractivity contribution is 0.0972. The second-order valence-corrected chi connectivity index (χ2v) is 4.15. The highest BCUT2D eigenvalue weighted by Crippen LogP contribution is 2.16. The fraction of sp³-hybridized carbons (Fsp3) is 0.583. The quantitative estimate of drug-likeness (QED) is 0.803. The first-order valence-corrected chi connectivity index (χ1v) is 5.62. The number of nitrogens with two attached hydrogens (primary N) is 1. The van der Waals surface area contributed by atoms with E-state index in [1.807, 2.05) is 6.92 Å². The highest BCUT2D eigenvalue weighted by Gasteiger charge is 2.12. The largest absolute Gasteiger partial charge is 0.456 e. The topological polar surface area (TPSA) is 59.5 Å². The van der Waals surface area contributed by atoms with E-state index in [4.69, 9.17) is 10.2 Å². The van der Waals surface area contributed by atoms with E-state index in [0.29, 0.717) is 0 Å². The van der Waals surface area contributed by atoms with Crippen molar-refractivity contribution in [1.29, 1.82) is 0 Å². The number of furan rings is 1. The molecule has 4 heteroatoms. The van der Waals surface area contributed by atoms with Crippen LogP contribution in [0.15, 0.2) is 10.5 Å².